The van der Waals surface area contributed by atoms with Gasteiger partial charge in [-0.1, -0.05) is 26.0 Å². The minimum absolute atomic E-state index is 0.0602. The molecule has 2 aromatic carbocycles. The minimum Gasteiger partial charge on any atom is -0.368 e. The van der Waals surface area contributed by atoms with Crippen molar-refractivity contribution < 1.29 is 17.6 Å². The molecule has 0 aromatic heterocycles. The number of rotatable bonds is 6. The molecule has 0 aliphatic carbocycles. The largest absolute Gasteiger partial charge is 0.368 e. The van der Waals surface area contributed by atoms with Crippen molar-refractivity contribution in [2.75, 3.05) is 44.2 Å². The number of piperazine rings is 1. The number of benzene rings is 2. The Morgan fingerprint density at radius 1 is 1.03 bits per heavy atom. The molecular formula is C23H30FN3O3S. The zero-order valence-electron chi connectivity index (χ0n) is 18.6. The lowest BCUT2D eigenvalue weighted by molar-refractivity contribution is 0.0741. The first kappa shape index (κ1) is 23.2. The lowest BCUT2D eigenvalue weighted by atomic mass is 10.1. The Kier molecular flexibility index (Phi) is 7.01. The van der Waals surface area contributed by atoms with Crippen LogP contribution in [0.2, 0.25) is 0 Å². The fourth-order valence-corrected chi connectivity index (χ4v) is 5.43. The van der Waals surface area contributed by atoms with E-state index >= 15 is 0 Å². The fourth-order valence-electron chi connectivity index (χ4n) is 3.94. The SMILES string of the molecule is CCN(CC)S(=O)(=O)c1ccc(F)c(C(=O)N2CCN(c3cccc(C)c3C)CC2)c1. The maximum atomic E-state index is 14.5. The van der Waals surface area contributed by atoms with Gasteiger partial charge in [0.2, 0.25) is 10.0 Å². The summed E-state index contributed by atoms with van der Waals surface area (Å²) in [6, 6.07) is 9.62. The van der Waals surface area contributed by atoms with Crippen LogP contribution in [0.15, 0.2) is 41.3 Å². The van der Waals surface area contributed by atoms with Crippen LogP contribution in [0.3, 0.4) is 0 Å². The zero-order valence-corrected chi connectivity index (χ0v) is 19.4. The first-order valence-electron chi connectivity index (χ1n) is 10.6. The highest BCUT2D eigenvalue weighted by Gasteiger charge is 2.28. The van der Waals surface area contributed by atoms with Crippen LogP contribution in [0.4, 0.5) is 10.1 Å². The Balaban J connectivity index is 1.79. The van der Waals surface area contributed by atoms with E-state index in [1.807, 2.05) is 6.07 Å². The number of anilines is 1. The minimum atomic E-state index is -3.77. The van der Waals surface area contributed by atoms with Crippen molar-refractivity contribution in [3.05, 3.63) is 58.9 Å². The van der Waals surface area contributed by atoms with Gasteiger partial charge in [-0.3, -0.25) is 4.79 Å². The number of carbonyl (C=O) groups excluding carboxylic acids is 1. The number of hydrogen-bond donors (Lipinski definition) is 0. The van der Waals surface area contributed by atoms with E-state index in [0.717, 1.165) is 11.8 Å². The standard InChI is InChI=1S/C23H30FN3O3S/c1-5-27(6-2)31(29,30)19-10-11-21(24)20(16-19)23(28)26-14-12-25(13-15-26)22-9-7-8-17(3)18(22)4/h7-11,16H,5-6,12-15H2,1-4H3. The summed E-state index contributed by atoms with van der Waals surface area (Å²) in [6.07, 6.45) is 0. The van der Waals surface area contributed by atoms with Crippen LogP contribution in [0.1, 0.15) is 35.3 Å². The summed E-state index contributed by atoms with van der Waals surface area (Å²) in [5, 5.41) is 0. The molecule has 1 aliphatic rings. The van der Waals surface area contributed by atoms with Crippen molar-refractivity contribution in [2.24, 2.45) is 0 Å². The van der Waals surface area contributed by atoms with Gasteiger partial charge in [0.05, 0.1) is 10.5 Å². The zero-order chi connectivity index (χ0) is 22.8. The average molecular weight is 448 g/mol. The second-order valence-corrected chi connectivity index (χ2v) is 9.67. The molecule has 1 aliphatic heterocycles. The van der Waals surface area contributed by atoms with Crippen molar-refractivity contribution in [1.29, 1.82) is 0 Å². The number of sulfonamides is 1. The average Bonchev–Trinajstić information content (AvgIpc) is 2.76. The first-order valence-corrected chi connectivity index (χ1v) is 12.0. The summed E-state index contributed by atoms with van der Waals surface area (Å²) in [5.41, 5.74) is 3.37. The van der Waals surface area contributed by atoms with Crippen molar-refractivity contribution in [1.82, 2.24) is 9.21 Å². The van der Waals surface area contributed by atoms with Gasteiger partial charge in [0.15, 0.2) is 0 Å². The van der Waals surface area contributed by atoms with Gasteiger partial charge in [0.25, 0.3) is 5.91 Å². The van der Waals surface area contributed by atoms with E-state index in [4.69, 9.17) is 0 Å². The normalized spacial score (nSPS) is 14.9. The van der Waals surface area contributed by atoms with Gasteiger partial charge in [-0.15, -0.1) is 0 Å². The number of hydrogen-bond acceptors (Lipinski definition) is 4. The molecule has 168 valence electrons. The van der Waals surface area contributed by atoms with E-state index < -0.39 is 21.7 Å². The number of halogens is 1. The lowest BCUT2D eigenvalue weighted by Crippen LogP contribution is -2.49. The molecule has 0 N–H and O–H groups in total. The second-order valence-electron chi connectivity index (χ2n) is 7.73. The third-order valence-corrected chi connectivity index (χ3v) is 8.04. The number of carbonyl (C=O) groups is 1. The van der Waals surface area contributed by atoms with E-state index in [2.05, 4.69) is 30.9 Å². The number of amides is 1. The highest BCUT2D eigenvalue weighted by atomic mass is 32.2. The summed E-state index contributed by atoms with van der Waals surface area (Å²) in [5.74, 6) is -1.19. The van der Waals surface area contributed by atoms with Gasteiger partial charge < -0.3 is 9.80 Å². The van der Waals surface area contributed by atoms with Gasteiger partial charge in [0, 0.05) is 45.0 Å². The smallest absolute Gasteiger partial charge is 0.256 e. The van der Waals surface area contributed by atoms with Gasteiger partial charge in [-0.05, 0) is 49.2 Å². The van der Waals surface area contributed by atoms with Crippen LogP contribution < -0.4 is 4.90 Å². The molecular weight excluding hydrogens is 417 g/mol. The molecule has 8 heteroatoms. The van der Waals surface area contributed by atoms with Crippen molar-refractivity contribution in [3.8, 4) is 0 Å². The molecule has 1 saturated heterocycles. The summed E-state index contributed by atoms with van der Waals surface area (Å²) >= 11 is 0. The van der Waals surface area contributed by atoms with Crippen LogP contribution in [0.25, 0.3) is 0 Å². The van der Waals surface area contributed by atoms with Crippen LogP contribution in [-0.2, 0) is 10.0 Å². The van der Waals surface area contributed by atoms with Crippen LogP contribution >= 0.6 is 0 Å². The van der Waals surface area contributed by atoms with E-state index in [9.17, 15) is 17.6 Å². The Labute approximate surface area is 184 Å². The van der Waals surface area contributed by atoms with Crippen LogP contribution in [0.5, 0.6) is 0 Å². The monoisotopic (exact) mass is 447 g/mol. The Bertz CT molecular complexity index is 1060. The number of nitrogens with zero attached hydrogens (tertiary/aromatic N) is 3. The van der Waals surface area contributed by atoms with Gasteiger partial charge in [-0.25, -0.2) is 12.8 Å². The maximum absolute atomic E-state index is 14.5. The van der Waals surface area contributed by atoms with Crippen molar-refractivity contribution >= 4 is 21.6 Å². The molecule has 2 aromatic rings. The third kappa shape index (κ3) is 4.60. The van der Waals surface area contributed by atoms with Crippen LogP contribution in [0, 0.1) is 19.7 Å². The summed E-state index contributed by atoms with van der Waals surface area (Å²) < 4.78 is 41.4. The van der Waals surface area contributed by atoms with Crippen LogP contribution in [-0.4, -0.2) is 62.8 Å². The Hall–Kier alpha value is -2.45. The molecule has 1 amide bonds. The van der Waals surface area contributed by atoms with Gasteiger partial charge in [-0.2, -0.15) is 4.31 Å². The topological polar surface area (TPSA) is 60.9 Å². The lowest BCUT2D eigenvalue weighted by Gasteiger charge is -2.37. The third-order valence-electron chi connectivity index (χ3n) is 6.00. The fraction of sp³-hybridized carbons (Fsp3) is 0.435. The van der Waals surface area contributed by atoms with Crippen molar-refractivity contribution in [3.63, 3.8) is 0 Å². The molecule has 1 fully saturated rings. The highest BCUT2D eigenvalue weighted by molar-refractivity contribution is 7.89. The molecule has 0 spiro atoms. The molecule has 0 unspecified atom stereocenters. The van der Waals surface area contributed by atoms with Gasteiger partial charge in [0.1, 0.15) is 5.82 Å². The maximum Gasteiger partial charge on any atom is 0.256 e. The summed E-state index contributed by atoms with van der Waals surface area (Å²) in [6.45, 7) is 10.4. The van der Waals surface area contributed by atoms with Crippen molar-refractivity contribution in [2.45, 2.75) is 32.6 Å². The molecule has 31 heavy (non-hydrogen) atoms. The Morgan fingerprint density at radius 2 is 1.68 bits per heavy atom. The highest BCUT2D eigenvalue weighted by Crippen LogP contribution is 2.25. The molecule has 0 atom stereocenters. The van der Waals surface area contributed by atoms with E-state index in [1.54, 1.807) is 18.7 Å². The molecule has 6 nitrogen and oxygen atoms in total. The molecule has 1 heterocycles. The van der Waals surface area contributed by atoms with Gasteiger partial charge >= 0.3 is 0 Å². The predicted octanol–water partition coefficient (Wildman–Crippen LogP) is 3.44. The first-order chi connectivity index (χ1) is 14.7. The second kappa shape index (κ2) is 9.36. The van der Waals surface area contributed by atoms with E-state index in [-0.39, 0.29) is 10.5 Å². The quantitative estimate of drug-likeness (QED) is 0.681. The summed E-state index contributed by atoms with van der Waals surface area (Å²) in [4.78, 5) is 16.8. The molecule has 0 bridgehead atoms. The number of aryl methyl sites for hydroxylation is 1. The molecule has 0 saturated carbocycles. The summed E-state index contributed by atoms with van der Waals surface area (Å²) in [7, 11) is -3.77. The van der Waals surface area contributed by atoms with E-state index in [0.29, 0.717) is 39.3 Å². The molecule has 3 rings (SSSR count). The predicted molar refractivity (Wildman–Crippen MR) is 121 cm³/mol. The van der Waals surface area contributed by atoms with E-state index in [1.165, 1.54) is 27.6 Å². The molecule has 0 radical (unpaired) electrons. The Morgan fingerprint density at radius 3 is 2.29 bits per heavy atom.